The van der Waals surface area contributed by atoms with Gasteiger partial charge in [-0.15, -0.1) is 0 Å². The van der Waals surface area contributed by atoms with Gasteiger partial charge in [-0.05, 0) is 36.4 Å². The third kappa shape index (κ3) is 2.64. The van der Waals surface area contributed by atoms with Crippen LogP contribution in [0, 0.1) is 0 Å². The number of Topliss-reactive ketones (excluding diaryl/α,β-unsaturated/α-hetero) is 1. The molecule has 0 saturated heterocycles. The van der Waals surface area contributed by atoms with Gasteiger partial charge in [-0.25, -0.2) is 0 Å². The largest absolute Gasteiger partial charge is 0.294 e. The molecule has 0 bridgehead atoms. The van der Waals surface area contributed by atoms with Crippen molar-refractivity contribution in [2.75, 3.05) is 0 Å². The van der Waals surface area contributed by atoms with E-state index in [0.717, 1.165) is 0 Å². The lowest BCUT2D eigenvalue weighted by atomic mass is 10.1. The van der Waals surface area contributed by atoms with E-state index in [0.29, 0.717) is 16.3 Å². The Morgan fingerprint density at radius 1 is 1.19 bits per heavy atom. The minimum Gasteiger partial charge on any atom is -0.294 e. The second-order valence-electron chi connectivity index (χ2n) is 3.32. The quantitative estimate of drug-likeness (QED) is 0.764. The summed E-state index contributed by atoms with van der Waals surface area (Å²) in [6.07, 6.45) is 1.84. The average Bonchev–Trinajstić information content (AvgIpc) is 2.31. The number of carbonyl (C=O) groups is 1. The Hall–Kier alpha value is -1.74. The number of halogens is 1. The molecule has 16 heavy (non-hydrogen) atoms. The highest BCUT2D eigenvalue weighted by Gasteiger charge is 2.07. The molecule has 80 valence electrons. The molecular formula is C12H9ClN2O. The highest BCUT2D eigenvalue weighted by molar-refractivity contribution is 6.30. The molecule has 1 aromatic carbocycles. The van der Waals surface area contributed by atoms with E-state index in [-0.39, 0.29) is 12.2 Å². The van der Waals surface area contributed by atoms with E-state index < -0.39 is 0 Å². The number of rotatable bonds is 3. The van der Waals surface area contributed by atoms with Crippen molar-refractivity contribution in [1.82, 2.24) is 10.2 Å². The number of nitrogens with zero attached hydrogens (tertiary/aromatic N) is 2. The molecule has 0 saturated carbocycles. The van der Waals surface area contributed by atoms with Crippen LogP contribution in [0.4, 0.5) is 0 Å². The molecule has 0 unspecified atom stereocenters. The van der Waals surface area contributed by atoms with E-state index in [1.165, 1.54) is 0 Å². The number of aromatic nitrogens is 2. The summed E-state index contributed by atoms with van der Waals surface area (Å²) in [5, 5.41) is 8.21. The lowest BCUT2D eigenvalue weighted by molar-refractivity contribution is 0.0991. The Morgan fingerprint density at radius 2 is 1.94 bits per heavy atom. The van der Waals surface area contributed by atoms with Crippen LogP contribution < -0.4 is 0 Å². The van der Waals surface area contributed by atoms with Crippen molar-refractivity contribution < 1.29 is 4.79 Å². The SMILES string of the molecule is O=C(Cc1cccnn1)c1ccc(Cl)cc1. The van der Waals surface area contributed by atoms with Crippen LogP contribution in [0.15, 0.2) is 42.6 Å². The van der Waals surface area contributed by atoms with Gasteiger partial charge < -0.3 is 0 Å². The summed E-state index contributed by atoms with van der Waals surface area (Å²) in [5.74, 6) is 0.0113. The molecule has 0 aliphatic heterocycles. The van der Waals surface area contributed by atoms with Gasteiger partial charge in [0.25, 0.3) is 0 Å². The molecule has 0 aliphatic rings. The molecule has 1 aromatic heterocycles. The summed E-state index contributed by atoms with van der Waals surface area (Å²) >= 11 is 5.74. The molecule has 2 rings (SSSR count). The van der Waals surface area contributed by atoms with Crippen LogP contribution in [-0.4, -0.2) is 16.0 Å². The van der Waals surface area contributed by atoms with Crippen molar-refractivity contribution >= 4 is 17.4 Å². The molecule has 0 amide bonds. The molecule has 0 spiro atoms. The van der Waals surface area contributed by atoms with Crippen LogP contribution in [0.25, 0.3) is 0 Å². The van der Waals surface area contributed by atoms with Crippen LogP contribution in [-0.2, 0) is 6.42 Å². The fourth-order valence-corrected chi connectivity index (χ4v) is 1.46. The Kier molecular flexibility index (Phi) is 3.27. The van der Waals surface area contributed by atoms with Crippen LogP contribution >= 0.6 is 11.6 Å². The van der Waals surface area contributed by atoms with E-state index in [4.69, 9.17) is 11.6 Å². The predicted octanol–water partition coefficient (Wildman–Crippen LogP) is 2.56. The molecule has 0 fully saturated rings. The van der Waals surface area contributed by atoms with Crippen LogP contribution in [0.5, 0.6) is 0 Å². The van der Waals surface area contributed by atoms with Gasteiger partial charge >= 0.3 is 0 Å². The van der Waals surface area contributed by atoms with Crippen LogP contribution in [0.3, 0.4) is 0 Å². The average molecular weight is 233 g/mol. The standard InChI is InChI=1S/C12H9ClN2O/c13-10-5-3-9(4-6-10)12(16)8-11-2-1-7-14-15-11/h1-7H,8H2. The Balaban J connectivity index is 2.12. The lowest BCUT2D eigenvalue weighted by Crippen LogP contribution is -2.05. The topological polar surface area (TPSA) is 42.9 Å². The van der Waals surface area contributed by atoms with E-state index in [2.05, 4.69) is 10.2 Å². The van der Waals surface area contributed by atoms with Crippen molar-refractivity contribution in [2.45, 2.75) is 6.42 Å². The van der Waals surface area contributed by atoms with Gasteiger partial charge in [0, 0.05) is 16.8 Å². The number of benzene rings is 1. The van der Waals surface area contributed by atoms with Crippen molar-refractivity contribution in [3.05, 3.63) is 58.9 Å². The minimum atomic E-state index is 0.0113. The fraction of sp³-hybridized carbons (Fsp3) is 0.0833. The lowest BCUT2D eigenvalue weighted by Gasteiger charge is -2.00. The summed E-state index contributed by atoms with van der Waals surface area (Å²) < 4.78 is 0. The number of hydrogen-bond donors (Lipinski definition) is 0. The number of carbonyl (C=O) groups excluding carboxylic acids is 1. The highest BCUT2D eigenvalue weighted by atomic mass is 35.5. The molecule has 2 aromatic rings. The van der Waals surface area contributed by atoms with Crippen molar-refractivity contribution in [1.29, 1.82) is 0 Å². The van der Waals surface area contributed by atoms with Gasteiger partial charge in [0.05, 0.1) is 12.1 Å². The highest BCUT2D eigenvalue weighted by Crippen LogP contribution is 2.11. The maximum Gasteiger partial charge on any atom is 0.168 e. The smallest absolute Gasteiger partial charge is 0.168 e. The second kappa shape index (κ2) is 4.86. The van der Waals surface area contributed by atoms with E-state index in [9.17, 15) is 4.79 Å². The van der Waals surface area contributed by atoms with Crippen molar-refractivity contribution in [2.24, 2.45) is 0 Å². The first-order valence-corrected chi connectivity index (χ1v) is 5.19. The van der Waals surface area contributed by atoms with Gasteiger partial charge in [0.2, 0.25) is 0 Å². The predicted molar refractivity (Wildman–Crippen MR) is 61.5 cm³/mol. The summed E-state index contributed by atoms with van der Waals surface area (Å²) in [6.45, 7) is 0. The van der Waals surface area contributed by atoms with Gasteiger partial charge in [-0.3, -0.25) is 4.79 Å². The second-order valence-corrected chi connectivity index (χ2v) is 3.76. The van der Waals surface area contributed by atoms with E-state index in [1.807, 2.05) is 0 Å². The molecule has 0 atom stereocenters. The summed E-state index contributed by atoms with van der Waals surface area (Å²) in [5.41, 5.74) is 1.30. The monoisotopic (exact) mass is 232 g/mol. The Bertz CT molecular complexity index is 482. The zero-order chi connectivity index (χ0) is 11.4. The molecular weight excluding hydrogens is 224 g/mol. The zero-order valence-electron chi connectivity index (χ0n) is 8.43. The van der Waals surface area contributed by atoms with Gasteiger partial charge in [0.1, 0.15) is 0 Å². The summed E-state index contributed by atoms with van der Waals surface area (Å²) in [7, 11) is 0. The van der Waals surface area contributed by atoms with Crippen LogP contribution in [0.2, 0.25) is 5.02 Å². The first-order valence-electron chi connectivity index (χ1n) is 4.81. The summed E-state index contributed by atoms with van der Waals surface area (Å²) in [4.78, 5) is 11.8. The molecule has 4 heteroatoms. The molecule has 3 nitrogen and oxygen atoms in total. The molecule has 0 N–H and O–H groups in total. The summed E-state index contributed by atoms with van der Waals surface area (Å²) in [6, 6.07) is 10.4. The minimum absolute atomic E-state index is 0.0113. The zero-order valence-corrected chi connectivity index (χ0v) is 9.19. The van der Waals surface area contributed by atoms with Crippen molar-refractivity contribution in [3.8, 4) is 0 Å². The van der Waals surface area contributed by atoms with Gasteiger partial charge in [-0.1, -0.05) is 11.6 Å². The fourth-order valence-electron chi connectivity index (χ4n) is 1.33. The van der Waals surface area contributed by atoms with Gasteiger partial charge in [-0.2, -0.15) is 10.2 Å². The first-order chi connectivity index (χ1) is 7.75. The maximum atomic E-state index is 11.8. The Morgan fingerprint density at radius 3 is 2.56 bits per heavy atom. The maximum absolute atomic E-state index is 11.8. The van der Waals surface area contributed by atoms with Crippen molar-refractivity contribution in [3.63, 3.8) is 0 Å². The van der Waals surface area contributed by atoms with E-state index in [1.54, 1.807) is 42.6 Å². The third-order valence-corrected chi connectivity index (χ3v) is 2.39. The Labute approximate surface area is 98.1 Å². The number of hydrogen-bond acceptors (Lipinski definition) is 3. The van der Waals surface area contributed by atoms with E-state index >= 15 is 0 Å². The molecule has 1 heterocycles. The molecule has 0 radical (unpaired) electrons. The third-order valence-electron chi connectivity index (χ3n) is 2.14. The normalized spacial score (nSPS) is 10.1. The van der Waals surface area contributed by atoms with Crippen LogP contribution in [0.1, 0.15) is 16.1 Å². The van der Waals surface area contributed by atoms with Gasteiger partial charge in [0.15, 0.2) is 5.78 Å². The number of ketones is 1. The first kappa shape index (κ1) is 10.8. The molecule has 0 aliphatic carbocycles.